The van der Waals surface area contributed by atoms with Gasteiger partial charge in [0.25, 0.3) is 0 Å². The first-order chi connectivity index (χ1) is 8.99. The monoisotopic (exact) mass is 289 g/mol. The van der Waals surface area contributed by atoms with Crippen molar-refractivity contribution < 1.29 is 19.4 Å². The fourth-order valence-electron chi connectivity index (χ4n) is 2.08. The van der Waals surface area contributed by atoms with Crippen molar-refractivity contribution in [3.8, 4) is 0 Å². The van der Waals surface area contributed by atoms with Gasteiger partial charge in [-0.15, -0.1) is 11.8 Å². The van der Waals surface area contributed by atoms with E-state index in [0.717, 1.165) is 6.42 Å². The molecule has 5 nitrogen and oxygen atoms in total. The first-order valence-corrected chi connectivity index (χ1v) is 7.77. The van der Waals surface area contributed by atoms with Crippen LogP contribution >= 0.6 is 11.8 Å². The van der Waals surface area contributed by atoms with Crippen LogP contribution in [0.3, 0.4) is 0 Å². The lowest BCUT2D eigenvalue weighted by molar-refractivity contribution is -0.150. The van der Waals surface area contributed by atoms with Crippen molar-refractivity contribution in [3.05, 3.63) is 0 Å². The summed E-state index contributed by atoms with van der Waals surface area (Å²) in [7, 11) is 0. The maximum Gasteiger partial charge on any atom is 0.327 e. The molecule has 110 valence electrons. The summed E-state index contributed by atoms with van der Waals surface area (Å²) in [6.07, 6.45) is 1.17. The van der Waals surface area contributed by atoms with E-state index in [9.17, 15) is 14.7 Å². The summed E-state index contributed by atoms with van der Waals surface area (Å²) < 4.78 is 5.30. The fourth-order valence-corrected chi connectivity index (χ4v) is 3.57. The highest BCUT2D eigenvalue weighted by Crippen LogP contribution is 2.34. The van der Waals surface area contributed by atoms with E-state index in [-0.39, 0.29) is 23.6 Å². The molecular formula is C13H23NO4S. The quantitative estimate of drug-likeness (QED) is 0.724. The molecule has 2 unspecified atom stereocenters. The molecule has 1 rings (SSSR count). The number of aliphatic carboxylic acids is 1. The topological polar surface area (TPSA) is 66.8 Å². The summed E-state index contributed by atoms with van der Waals surface area (Å²) in [6.45, 7) is 7.03. The molecule has 0 spiro atoms. The lowest BCUT2D eigenvalue weighted by Gasteiger charge is -2.29. The lowest BCUT2D eigenvalue weighted by atomic mass is 10.1. The molecule has 1 amide bonds. The molecule has 1 heterocycles. The predicted molar refractivity (Wildman–Crippen MR) is 75.1 cm³/mol. The standard InChI is InChI=1S/C13H23NO4S/c1-4-6-18-7-5-11(15)14-10(13(16)17)8-19-12(14)9(2)3/h9-10,12H,4-8H2,1-3H3,(H,16,17). The van der Waals surface area contributed by atoms with Gasteiger partial charge in [0.15, 0.2) is 0 Å². The van der Waals surface area contributed by atoms with Crippen molar-refractivity contribution in [2.24, 2.45) is 5.92 Å². The van der Waals surface area contributed by atoms with Gasteiger partial charge in [-0.05, 0) is 12.3 Å². The molecule has 2 atom stereocenters. The summed E-state index contributed by atoms with van der Waals surface area (Å²) in [5.74, 6) is -0.319. The largest absolute Gasteiger partial charge is 0.480 e. The Morgan fingerprint density at radius 3 is 2.63 bits per heavy atom. The van der Waals surface area contributed by atoms with Gasteiger partial charge in [0.05, 0.1) is 18.4 Å². The molecule has 1 aliphatic rings. The molecule has 0 radical (unpaired) electrons. The zero-order valence-corrected chi connectivity index (χ0v) is 12.6. The van der Waals surface area contributed by atoms with Gasteiger partial charge < -0.3 is 14.7 Å². The van der Waals surface area contributed by atoms with Crippen LogP contribution in [0.5, 0.6) is 0 Å². The molecule has 19 heavy (non-hydrogen) atoms. The van der Waals surface area contributed by atoms with E-state index < -0.39 is 12.0 Å². The number of carboxylic acids is 1. The second-order valence-electron chi connectivity index (χ2n) is 4.99. The van der Waals surface area contributed by atoms with Crippen LogP contribution in [0.25, 0.3) is 0 Å². The molecular weight excluding hydrogens is 266 g/mol. The van der Waals surface area contributed by atoms with E-state index in [1.165, 1.54) is 4.90 Å². The highest BCUT2D eigenvalue weighted by atomic mass is 32.2. The number of thioether (sulfide) groups is 1. The lowest BCUT2D eigenvalue weighted by Crippen LogP contribution is -2.47. The SMILES string of the molecule is CCCOCCC(=O)N1C(C(=O)O)CSC1C(C)C. The van der Waals surface area contributed by atoms with Crippen molar-refractivity contribution in [2.75, 3.05) is 19.0 Å². The third kappa shape index (κ3) is 4.38. The molecule has 0 aromatic carbocycles. The Hall–Kier alpha value is -0.750. The van der Waals surface area contributed by atoms with E-state index in [0.29, 0.717) is 19.0 Å². The number of amides is 1. The first kappa shape index (κ1) is 16.3. The summed E-state index contributed by atoms with van der Waals surface area (Å²) in [5.41, 5.74) is 0. The minimum absolute atomic E-state index is 0.0419. The van der Waals surface area contributed by atoms with Gasteiger partial charge >= 0.3 is 5.97 Å². The van der Waals surface area contributed by atoms with Crippen LogP contribution in [0.4, 0.5) is 0 Å². The molecule has 1 saturated heterocycles. The van der Waals surface area contributed by atoms with Gasteiger partial charge in [0.2, 0.25) is 5.91 Å². The Bertz CT molecular complexity index is 322. The molecule has 0 aromatic rings. The molecule has 1 aliphatic heterocycles. The maximum absolute atomic E-state index is 12.2. The molecule has 0 saturated carbocycles. The van der Waals surface area contributed by atoms with Gasteiger partial charge in [0, 0.05) is 12.4 Å². The zero-order chi connectivity index (χ0) is 14.4. The van der Waals surface area contributed by atoms with Gasteiger partial charge in [-0.25, -0.2) is 4.79 Å². The molecule has 1 N–H and O–H groups in total. The van der Waals surface area contributed by atoms with Crippen LogP contribution < -0.4 is 0 Å². The van der Waals surface area contributed by atoms with Crippen LogP contribution in [-0.2, 0) is 14.3 Å². The number of carboxylic acid groups (broad SMARTS) is 1. The van der Waals surface area contributed by atoms with E-state index in [2.05, 4.69) is 0 Å². The van der Waals surface area contributed by atoms with Gasteiger partial charge in [-0.3, -0.25) is 4.79 Å². The van der Waals surface area contributed by atoms with E-state index in [1.807, 2.05) is 20.8 Å². The van der Waals surface area contributed by atoms with Crippen LogP contribution in [0.15, 0.2) is 0 Å². The second kappa shape index (κ2) is 7.75. The van der Waals surface area contributed by atoms with Crippen molar-refractivity contribution in [1.82, 2.24) is 4.90 Å². The number of nitrogens with zero attached hydrogens (tertiary/aromatic N) is 1. The summed E-state index contributed by atoms with van der Waals surface area (Å²) in [6, 6.07) is -0.698. The van der Waals surface area contributed by atoms with Crippen LogP contribution in [-0.4, -0.2) is 52.3 Å². The molecule has 0 aliphatic carbocycles. The third-order valence-corrected chi connectivity index (χ3v) is 4.61. The zero-order valence-electron chi connectivity index (χ0n) is 11.8. The highest BCUT2D eigenvalue weighted by Gasteiger charge is 2.42. The third-order valence-electron chi connectivity index (χ3n) is 2.99. The summed E-state index contributed by atoms with van der Waals surface area (Å²) in [4.78, 5) is 25.0. The number of carbonyl (C=O) groups excluding carboxylic acids is 1. The number of rotatable bonds is 7. The number of carbonyl (C=O) groups is 2. The predicted octanol–water partition coefficient (Wildman–Crippen LogP) is 1.81. The Morgan fingerprint density at radius 2 is 2.11 bits per heavy atom. The highest BCUT2D eigenvalue weighted by molar-refractivity contribution is 8.00. The Labute approximate surface area is 118 Å². The van der Waals surface area contributed by atoms with E-state index in [4.69, 9.17) is 4.74 Å². The minimum atomic E-state index is -0.918. The summed E-state index contributed by atoms with van der Waals surface area (Å²) in [5, 5.41) is 9.16. The van der Waals surface area contributed by atoms with Crippen molar-refractivity contribution in [1.29, 1.82) is 0 Å². The van der Waals surface area contributed by atoms with Crippen LogP contribution in [0.1, 0.15) is 33.6 Å². The fraction of sp³-hybridized carbons (Fsp3) is 0.846. The number of ether oxygens (including phenoxy) is 1. The second-order valence-corrected chi connectivity index (χ2v) is 6.13. The van der Waals surface area contributed by atoms with Crippen molar-refractivity contribution in [2.45, 2.75) is 45.0 Å². The Morgan fingerprint density at radius 1 is 1.42 bits per heavy atom. The smallest absolute Gasteiger partial charge is 0.327 e. The average molecular weight is 289 g/mol. The molecule has 1 fully saturated rings. The normalized spacial score (nSPS) is 23.1. The molecule has 6 heteroatoms. The maximum atomic E-state index is 12.2. The average Bonchev–Trinajstić information content (AvgIpc) is 2.79. The Balaban J connectivity index is 2.62. The molecule has 0 bridgehead atoms. The first-order valence-electron chi connectivity index (χ1n) is 6.72. The minimum Gasteiger partial charge on any atom is -0.480 e. The van der Waals surface area contributed by atoms with Crippen LogP contribution in [0.2, 0.25) is 0 Å². The van der Waals surface area contributed by atoms with E-state index >= 15 is 0 Å². The number of hydrogen-bond acceptors (Lipinski definition) is 4. The van der Waals surface area contributed by atoms with Gasteiger partial charge in [-0.1, -0.05) is 20.8 Å². The number of hydrogen-bond donors (Lipinski definition) is 1. The molecule has 0 aromatic heterocycles. The van der Waals surface area contributed by atoms with Gasteiger partial charge in [0.1, 0.15) is 6.04 Å². The van der Waals surface area contributed by atoms with Crippen molar-refractivity contribution >= 4 is 23.6 Å². The summed E-state index contributed by atoms with van der Waals surface area (Å²) >= 11 is 1.55. The van der Waals surface area contributed by atoms with Crippen LogP contribution in [0, 0.1) is 5.92 Å². The van der Waals surface area contributed by atoms with Crippen molar-refractivity contribution in [3.63, 3.8) is 0 Å². The van der Waals surface area contributed by atoms with Gasteiger partial charge in [-0.2, -0.15) is 0 Å². The van der Waals surface area contributed by atoms with E-state index in [1.54, 1.807) is 11.8 Å². The Kier molecular flexibility index (Phi) is 6.65.